The van der Waals surface area contributed by atoms with Crippen LogP contribution in [0.5, 0.6) is 0 Å². The maximum atomic E-state index is 13.0. The number of imidazole rings is 1. The minimum atomic E-state index is -0.985. The number of rotatable bonds is 5. The minimum Gasteiger partial charge on any atom is -0.478 e. The average molecular weight is 378 g/mol. The number of H-pyrrole nitrogens is 1. The fourth-order valence-corrected chi connectivity index (χ4v) is 4.17. The molecule has 1 aliphatic rings. The smallest absolute Gasteiger partial charge is 0.335 e. The van der Waals surface area contributed by atoms with E-state index in [2.05, 4.69) is 16.5 Å². The lowest BCUT2D eigenvalue weighted by atomic mass is 9.80. The van der Waals surface area contributed by atoms with E-state index in [0.29, 0.717) is 18.7 Å². The molecule has 0 aliphatic carbocycles. The first-order valence-corrected chi connectivity index (χ1v) is 9.21. The fraction of sp³-hybridized carbons (Fsp3) is 0.286. The van der Waals surface area contributed by atoms with E-state index in [1.807, 2.05) is 29.5 Å². The number of benzene rings is 1. The van der Waals surface area contributed by atoms with Crippen LogP contribution in [0.2, 0.25) is 0 Å². The van der Waals surface area contributed by atoms with Gasteiger partial charge in [-0.25, -0.2) is 9.78 Å². The lowest BCUT2D eigenvalue weighted by molar-refractivity contribution is 0.0642. The summed E-state index contributed by atoms with van der Waals surface area (Å²) in [6.45, 7) is 6.32. The molecule has 3 heterocycles. The number of aromatic carboxylic acids is 1. The first-order chi connectivity index (χ1) is 13.4. The zero-order chi connectivity index (χ0) is 20.0. The van der Waals surface area contributed by atoms with Gasteiger partial charge in [0.2, 0.25) is 0 Å². The topological polar surface area (TPSA) is 91.2 Å². The summed E-state index contributed by atoms with van der Waals surface area (Å²) in [4.78, 5) is 34.1. The third-order valence-corrected chi connectivity index (χ3v) is 5.58. The Labute approximate surface area is 162 Å². The molecule has 0 fully saturated rings. The van der Waals surface area contributed by atoms with Crippen LogP contribution >= 0.6 is 0 Å². The number of aryl methyl sites for hydroxylation is 1. The summed E-state index contributed by atoms with van der Waals surface area (Å²) in [5.41, 5.74) is 3.98. The second-order valence-electron chi connectivity index (χ2n) is 7.20. The molecule has 7 heteroatoms. The molecule has 4 rings (SSSR count). The van der Waals surface area contributed by atoms with E-state index in [4.69, 9.17) is 0 Å². The van der Waals surface area contributed by atoms with Crippen LogP contribution in [0.1, 0.15) is 51.2 Å². The second-order valence-corrected chi connectivity index (χ2v) is 7.20. The van der Waals surface area contributed by atoms with Crippen molar-refractivity contribution in [1.29, 1.82) is 0 Å². The molecular formula is C21H22N4O3. The van der Waals surface area contributed by atoms with Crippen LogP contribution in [-0.2, 0) is 7.05 Å². The van der Waals surface area contributed by atoms with Gasteiger partial charge >= 0.3 is 5.97 Å². The monoisotopic (exact) mass is 378 g/mol. The first kappa shape index (κ1) is 18.0. The van der Waals surface area contributed by atoms with Crippen LogP contribution in [0.3, 0.4) is 0 Å². The van der Waals surface area contributed by atoms with Crippen molar-refractivity contribution in [3.63, 3.8) is 0 Å². The molecule has 7 nitrogen and oxygen atoms in total. The van der Waals surface area contributed by atoms with E-state index in [-0.39, 0.29) is 23.4 Å². The number of nitrogens with one attached hydrogen (secondary N) is 1. The Morgan fingerprint density at radius 2 is 2.18 bits per heavy atom. The van der Waals surface area contributed by atoms with Gasteiger partial charge in [0.25, 0.3) is 5.91 Å². The van der Waals surface area contributed by atoms with Crippen LogP contribution in [0.25, 0.3) is 11.0 Å². The molecule has 144 valence electrons. The van der Waals surface area contributed by atoms with Crippen LogP contribution < -0.4 is 0 Å². The molecule has 0 saturated heterocycles. The van der Waals surface area contributed by atoms with Gasteiger partial charge in [-0.2, -0.15) is 0 Å². The van der Waals surface area contributed by atoms with E-state index in [1.54, 1.807) is 30.7 Å². The molecule has 1 aliphatic heterocycles. The van der Waals surface area contributed by atoms with Gasteiger partial charge in [-0.1, -0.05) is 6.08 Å². The van der Waals surface area contributed by atoms with Crippen molar-refractivity contribution in [2.24, 2.45) is 7.05 Å². The van der Waals surface area contributed by atoms with Crippen LogP contribution in [-0.4, -0.2) is 49.0 Å². The van der Waals surface area contributed by atoms with Crippen molar-refractivity contribution >= 4 is 22.9 Å². The maximum absolute atomic E-state index is 13.0. The number of carbonyl (C=O) groups is 2. The second kappa shape index (κ2) is 6.67. The maximum Gasteiger partial charge on any atom is 0.335 e. The summed E-state index contributed by atoms with van der Waals surface area (Å²) >= 11 is 0. The number of amides is 1. The highest BCUT2D eigenvalue weighted by Gasteiger charge is 2.39. The van der Waals surface area contributed by atoms with Gasteiger partial charge in [0.15, 0.2) is 0 Å². The molecule has 28 heavy (non-hydrogen) atoms. The molecular weight excluding hydrogens is 356 g/mol. The van der Waals surface area contributed by atoms with E-state index in [1.165, 1.54) is 0 Å². The summed E-state index contributed by atoms with van der Waals surface area (Å²) in [5.74, 6) is -1.21. The number of hydrogen-bond acceptors (Lipinski definition) is 3. The summed E-state index contributed by atoms with van der Waals surface area (Å²) < 4.78 is 1.82. The molecule has 2 unspecified atom stereocenters. The van der Waals surface area contributed by atoms with Gasteiger partial charge in [-0.15, -0.1) is 6.58 Å². The molecule has 0 spiro atoms. The quantitative estimate of drug-likeness (QED) is 0.667. The lowest BCUT2D eigenvalue weighted by Crippen LogP contribution is -2.47. The summed E-state index contributed by atoms with van der Waals surface area (Å²) in [7, 11) is 1.84. The molecule has 0 bridgehead atoms. The van der Waals surface area contributed by atoms with Crippen molar-refractivity contribution in [3.05, 3.63) is 65.8 Å². The van der Waals surface area contributed by atoms with Crippen molar-refractivity contribution in [2.45, 2.75) is 25.3 Å². The van der Waals surface area contributed by atoms with Gasteiger partial charge < -0.3 is 19.6 Å². The normalized spacial score (nSPS) is 19.1. The minimum absolute atomic E-state index is 0.0442. The third-order valence-electron chi connectivity index (χ3n) is 5.58. The number of carboxylic acids is 1. The molecule has 1 amide bonds. The first-order valence-electron chi connectivity index (χ1n) is 9.21. The summed E-state index contributed by atoms with van der Waals surface area (Å²) in [5, 5.41) is 9.62. The Balaban J connectivity index is 1.95. The molecule has 0 saturated carbocycles. The molecule has 2 atom stereocenters. The van der Waals surface area contributed by atoms with Gasteiger partial charge in [-0.3, -0.25) is 4.79 Å². The highest BCUT2D eigenvalue weighted by atomic mass is 16.4. The van der Waals surface area contributed by atoms with E-state index in [0.717, 1.165) is 22.2 Å². The summed E-state index contributed by atoms with van der Waals surface area (Å²) in [6, 6.07) is 5.09. The standard InChI is InChI=1S/C21H22N4O3/c1-4-5-8-25-12(2)17(14-6-7-22-19(14)20(25)26)15-9-13(21(27)28)10-16-18(15)23-11-24(16)3/h4,6-7,9-12,17,22H,1,5,8H2,2-3H3,(H,27,28). The van der Waals surface area contributed by atoms with Gasteiger partial charge in [0.1, 0.15) is 5.69 Å². The van der Waals surface area contributed by atoms with Gasteiger partial charge in [0.05, 0.1) is 22.9 Å². The number of carboxylic acid groups (broad SMARTS) is 1. The molecule has 1 aromatic carbocycles. The Hall–Kier alpha value is -3.35. The predicted octanol–water partition coefficient (Wildman–Crippen LogP) is 3.15. The molecule has 2 aromatic heterocycles. The molecule has 3 aromatic rings. The van der Waals surface area contributed by atoms with Crippen LogP contribution in [0.15, 0.2) is 43.4 Å². The van der Waals surface area contributed by atoms with E-state index in [9.17, 15) is 14.7 Å². The van der Waals surface area contributed by atoms with Gasteiger partial charge in [-0.05, 0) is 42.7 Å². The summed E-state index contributed by atoms with van der Waals surface area (Å²) in [6.07, 6.45) is 5.93. The number of hydrogen-bond donors (Lipinski definition) is 2. The largest absolute Gasteiger partial charge is 0.478 e. The Morgan fingerprint density at radius 1 is 1.39 bits per heavy atom. The highest BCUT2D eigenvalue weighted by Crippen LogP contribution is 2.40. The Bertz CT molecular complexity index is 1090. The van der Waals surface area contributed by atoms with E-state index >= 15 is 0 Å². The predicted molar refractivity (Wildman–Crippen MR) is 106 cm³/mol. The third kappa shape index (κ3) is 2.62. The highest BCUT2D eigenvalue weighted by molar-refractivity contribution is 5.98. The molecule has 0 radical (unpaired) electrons. The van der Waals surface area contributed by atoms with Crippen molar-refractivity contribution in [3.8, 4) is 0 Å². The van der Waals surface area contributed by atoms with Gasteiger partial charge in [0, 0.05) is 31.7 Å². The number of aromatic amines is 1. The zero-order valence-corrected chi connectivity index (χ0v) is 15.8. The van der Waals surface area contributed by atoms with Crippen molar-refractivity contribution in [2.75, 3.05) is 6.54 Å². The van der Waals surface area contributed by atoms with E-state index < -0.39 is 5.97 Å². The fourth-order valence-electron chi connectivity index (χ4n) is 4.17. The Morgan fingerprint density at radius 3 is 2.89 bits per heavy atom. The van der Waals surface area contributed by atoms with Crippen molar-refractivity contribution < 1.29 is 14.7 Å². The SMILES string of the molecule is C=CCCN1C(=O)c2[nH]ccc2C(c2cc(C(=O)O)cc3c2ncn3C)C1C. The number of fused-ring (bicyclic) bond motifs is 2. The zero-order valence-electron chi connectivity index (χ0n) is 15.8. The Kier molecular flexibility index (Phi) is 4.30. The number of carbonyl (C=O) groups excluding carboxylic acids is 1. The number of nitrogens with zero attached hydrogens (tertiary/aromatic N) is 3. The van der Waals surface area contributed by atoms with Crippen molar-refractivity contribution in [1.82, 2.24) is 19.4 Å². The average Bonchev–Trinajstić information content (AvgIpc) is 3.29. The molecule has 2 N–H and O–H groups in total. The number of aromatic nitrogens is 3. The van der Waals surface area contributed by atoms with Crippen LogP contribution in [0.4, 0.5) is 0 Å². The lowest BCUT2D eigenvalue weighted by Gasteiger charge is -2.39. The van der Waals surface area contributed by atoms with Crippen LogP contribution in [0, 0.1) is 0 Å².